The van der Waals surface area contributed by atoms with Crippen LogP contribution in [-0.2, 0) is 15.5 Å². The zero-order valence-corrected chi connectivity index (χ0v) is 11.6. The van der Waals surface area contributed by atoms with Gasteiger partial charge in [0.1, 0.15) is 5.41 Å². The first kappa shape index (κ1) is 15.5. The van der Waals surface area contributed by atoms with Crippen molar-refractivity contribution in [2.24, 2.45) is 0 Å². The predicted molar refractivity (Wildman–Crippen MR) is 62.1 cm³/mol. The van der Waals surface area contributed by atoms with Crippen LogP contribution in [0.25, 0.3) is 0 Å². The molecule has 0 saturated carbocycles. The third-order valence-corrected chi connectivity index (χ3v) is 3.98. The summed E-state index contributed by atoms with van der Waals surface area (Å²) in [6.45, 7) is 0.699. The molecule has 0 aromatic heterocycles. The van der Waals surface area contributed by atoms with E-state index in [0.717, 1.165) is 12.1 Å². The molecule has 0 aliphatic heterocycles. The molecule has 3 nitrogen and oxygen atoms in total. The topological polar surface area (TPSA) is 57.2 Å². The van der Waals surface area contributed by atoms with Gasteiger partial charge in [-0.1, -0.05) is 28.1 Å². The van der Waals surface area contributed by atoms with Gasteiger partial charge in [-0.05, 0) is 24.6 Å². The highest BCUT2D eigenvalue weighted by atomic mass is 79.9. The normalized spacial score (nSPS) is 16.3. The number of hydrogen-bond donors (Lipinski definition) is 0. The molecular formula is C10H9BrF3O3S-. The Balaban J connectivity index is 3.39. The smallest absolute Gasteiger partial charge is 0.399 e. The molecule has 1 atom stereocenters. The van der Waals surface area contributed by atoms with E-state index in [1.165, 1.54) is 12.1 Å². The number of alkyl halides is 3. The highest BCUT2D eigenvalue weighted by Gasteiger charge is 2.53. The summed E-state index contributed by atoms with van der Waals surface area (Å²) in [5.74, 6) is -1.53. The van der Waals surface area contributed by atoms with E-state index in [0.29, 0.717) is 11.4 Å². The molecule has 0 aliphatic rings. The largest absolute Gasteiger partial charge is 0.748 e. The molecule has 0 fully saturated rings. The zero-order valence-electron chi connectivity index (χ0n) is 9.16. The van der Waals surface area contributed by atoms with E-state index in [1.54, 1.807) is 0 Å². The van der Waals surface area contributed by atoms with Crippen molar-refractivity contribution >= 4 is 26.0 Å². The van der Waals surface area contributed by atoms with E-state index in [9.17, 15) is 26.1 Å². The minimum absolute atomic E-state index is 0.274. The van der Waals surface area contributed by atoms with Gasteiger partial charge in [0.25, 0.3) is 0 Å². The van der Waals surface area contributed by atoms with Gasteiger partial charge in [0.05, 0.1) is 15.9 Å². The summed E-state index contributed by atoms with van der Waals surface area (Å²) in [6, 6.07) is 5.15. The summed E-state index contributed by atoms with van der Waals surface area (Å²) >= 11 is 3.01. The molecule has 8 heteroatoms. The van der Waals surface area contributed by atoms with Crippen molar-refractivity contribution in [3.8, 4) is 0 Å². The Kier molecular flexibility index (Phi) is 4.14. The molecule has 1 unspecified atom stereocenters. The first-order valence-corrected chi connectivity index (χ1v) is 7.09. The third kappa shape index (κ3) is 3.46. The van der Waals surface area contributed by atoms with Crippen LogP contribution in [0.2, 0.25) is 0 Å². The van der Waals surface area contributed by atoms with Crippen molar-refractivity contribution in [2.75, 3.05) is 5.75 Å². The van der Waals surface area contributed by atoms with Crippen molar-refractivity contribution in [3.63, 3.8) is 0 Å². The third-order valence-electron chi connectivity index (χ3n) is 2.55. The molecule has 0 amide bonds. The van der Waals surface area contributed by atoms with Crippen LogP contribution in [0.15, 0.2) is 28.7 Å². The summed E-state index contributed by atoms with van der Waals surface area (Å²) in [6.07, 6.45) is -4.84. The van der Waals surface area contributed by atoms with Crippen molar-refractivity contribution in [1.29, 1.82) is 0 Å². The molecule has 0 bridgehead atoms. The quantitative estimate of drug-likeness (QED) is 0.791. The fraction of sp³-hybridized carbons (Fsp3) is 0.400. The predicted octanol–water partition coefficient (Wildman–Crippen LogP) is 2.81. The van der Waals surface area contributed by atoms with Crippen LogP contribution in [0, 0.1) is 0 Å². The Morgan fingerprint density at radius 2 is 1.89 bits per heavy atom. The fourth-order valence-electron chi connectivity index (χ4n) is 1.51. The Morgan fingerprint density at radius 3 is 2.28 bits per heavy atom. The minimum atomic E-state index is -5.01. The van der Waals surface area contributed by atoms with Gasteiger partial charge in [0, 0.05) is 4.47 Å². The number of halogens is 4. The average Bonchev–Trinajstić information content (AvgIpc) is 2.13. The van der Waals surface area contributed by atoms with Gasteiger partial charge in [0.2, 0.25) is 0 Å². The summed E-state index contributed by atoms with van der Waals surface area (Å²) in [5, 5.41) is 0. The van der Waals surface area contributed by atoms with Gasteiger partial charge in [-0.3, -0.25) is 0 Å². The van der Waals surface area contributed by atoms with E-state index in [2.05, 4.69) is 15.9 Å². The number of hydrogen-bond acceptors (Lipinski definition) is 3. The van der Waals surface area contributed by atoms with E-state index >= 15 is 0 Å². The SMILES string of the molecule is CC(CS(=O)(=O)[O-])(c1cccc(Br)c1)C(F)(F)F. The fourth-order valence-corrected chi connectivity index (χ4v) is 2.95. The lowest BCUT2D eigenvalue weighted by atomic mass is 9.84. The molecule has 0 N–H and O–H groups in total. The second-order valence-electron chi connectivity index (χ2n) is 4.04. The van der Waals surface area contributed by atoms with E-state index < -0.39 is 27.5 Å². The number of rotatable bonds is 3. The lowest BCUT2D eigenvalue weighted by Gasteiger charge is -2.33. The summed E-state index contributed by atoms with van der Waals surface area (Å²) < 4.78 is 71.5. The van der Waals surface area contributed by atoms with Crippen molar-refractivity contribution in [1.82, 2.24) is 0 Å². The Morgan fingerprint density at radius 1 is 1.33 bits per heavy atom. The van der Waals surface area contributed by atoms with Gasteiger partial charge in [-0.25, -0.2) is 8.42 Å². The number of benzene rings is 1. The molecule has 0 heterocycles. The van der Waals surface area contributed by atoms with Crippen LogP contribution in [0.5, 0.6) is 0 Å². The minimum Gasteiger partial charge on any atom is -0.748 e. The molecule has 102 valence electrons. The Bertz CT molecular complexity index is 542. The van der Waals surface area contributed by atoms with E-state index in [4.69, 9.17) is 0 Å². The van der Waals surface area contributed by atoms with Gasteiger partial charge in [0.15, 0.2) is 0 Å². The van der Waals surface area contributed by atoms with Crippen LogP contribution in [0.1, 0.15) is 12.5 Å². The van der Waals surface area contributed by atoms with Crippen LogP contribution in [0.4, 0.5) is 13.2 Å². The maximum absolute atomic E-state index is 13.0. The molecule has 0 radical (unpaired) electrons. The van der Waals surface area contributed by atoms with Crippen LogP contribution < -0.4 is 0 Å². The van der Waals surface area contributed by atoms with E-state index in [-0.39, 0.29) is 5.56 Å². The molecule has 1 aromatic carbocycles. The lowest BCUT2D eigenvalue weighted by Crippen LogP contribution is -2.45. The monoisotopic (exact) mass is 345 g/mol. The first-order valence-electron chi connectivity index (χ1n) is 4.72. The summed E-state index contributed by atoms with van der Waals surface area (Å²) in [5.41, 5.74) is -3.00. The molecular weight excluding hydrogens is 337 g/mol. The van der Waals surface area contributed by atoms with Crippen LogP contribution in [-0.4, -0.2) is 24.9 Å². The molecule has 0 spiro atoms. The standard InChI is InChI=1S/C10H10BrF3O3S/c1-9(10(12,13)14,6-18(15,16)17)7-3-2-4-8(11)5-7/h2-5H,6H2,1H3,(H,15,16,17)/p-1. The molecule has 1 rings (SSSR count). The molecule has 0 saturated heterocycles. The summed E-state index contributed by atoms with van der Waals surface area (Å²) in [7, 11) is -5.01. The second kappa shape index (κ2) is 4.82. The second-order valence-corrected chi connectivity index (χ2v) is 6.36. The molecule has 18 heavy (non-hydrogen) atoms. The molecule has 0 aliphatic carbocycles. The van der Waals surface area contributed by atoms with E-state index in [1.807, 2.05) is 0 Å². The van der Waals surface area contributed by atoms with Gasteiger partial charge in [-0.2, -0.15) is 13.2 Å². The van der Waals surface area contributed by atoms with Crippen LogP contribution in [0.3, 0.4) is 0 Å². The highest BCUT2D eigenvalue weighted by Crippen LogP contribution is 2.42. The zero-order chi connectivity index (χ0) is 14.2. The molecule has 1 aromatic rings. The lowest BCUT2D eigenvalue weighted by molar-refractivity contribution is -0.179. The summed E-state index contributed by atoms with van der Waals surface area (Å²) in [4.78, 5) is 0. The van der Waals surface area contributed by atoms with Crippen molar-refractivity contribution < 1.29 is 26.1 Å². The van der Waals surface area contributed by atoms with Gasteiger partial charge in [-0.15, -0.1) is 0 Å². The highest BCUT2D eigenvalue weighted by molar-refractivity contribution is 9.10. The Labute approximate surface area is 111 Å². The first-order chi connectivity index (χ1) is 7.96. The van der Waals surface area contributed by atoms with Gasteiger partial charge >= 0.3 is 6.18 Å². The maximum atomic E-state index is 13.0. The van der Waals surface area contributed by atoms with Crippen molar-refractivity contribution in [3.05, 3.63) is 34.3 Å². The average molecular weight is 346 g/mol. The van der Waals surface area contributed by atoms with Gasteiger partial charge < -0.3 is 4.55 Å². The Hall–Kier alpha value is -0.600. The van der Waals surface area contributed by atoms with Crippen molar-refractivity contribution in [2.45, 2.75) is 18.5 Å². The maximum Gasteiger partial charge on any atom is 0.399 e. The van der Waals surface area contributed by atoms with Crippen LogP contribution >= 0.6 is 15.9 Å².